The SMILES string of the molecule is Cn1ncc2c(NN)nc(Cn3cccc(Br)c3=O)nc21. The fourth-order valence-electron chi connectivity index (χ4n) is 2.03. The highest BCUT2D eigenvalue weighted by Crippen LogP contribution is 2.18. The van der Waals surface area contributed by atoms with Crippen LogP contribution in [-0.4, -0.2) is 24.3 Å². The number of nitrogens with one attached hydrogen (secondary N) is 1. The smallest absolute Gasteiger partial charge is 0.265 e. The van der Waals surface area contributed by atoms with Crippen molar-refractivity contribution < 1.29 is 0 Å². The molecule has 0 saturated heterocycles. The summed E-state index contributed by atoms with van der Waals surface area (Å²) in [7, 11) is 1.78. The van der Waals surface area contributed by atoms with E-state index in [4.69, 9.17) is 5.84 Å². The number of nitrogens with zero attached hydrogens (tertiary/aromatic N) is 5. The molecule has 9 heteroatoms. The number of pyridine rings is 1. The molecule has 0 aliphatic rings. The minimum Gasteiger partial charge on any atom is -0.308 e. The van der Waals surface area contributed by atoms with Crippen LogP contribution in [-0.2, 0) is 13.6 Å². The van der Waals surface area contributed by atoms with Crippen LogP contribution in [0.25, 0.3) is 11.0 Å². The average molecular weight is 350 g/mol. The lowest BCUT2D eigenvalue weighted by molar-refractivity contribution is 0.708. The molecule has 3 N–H and O–H groups in total. The first-order chi connectivity index (χ1) is 10.1. The number of anilines is 1. The Bertz CT molecular complexity index is 870. The molecule has 0 spiro atoms. The normalized spacial score (nSPS) is 11.0. The van der Waals surface area contributed by atoms with Crippen LogP contribution >= 0.6 is 15.9 Å². The molecular weight excluding hydrogens is 338 g/mol. The molecule has 0 radical (unpaired) electrons. The van der Waals surface area contributed by atoms with Gasteiger partial charge in [-0.3, -0.25) is 9.48 Å². The molecule has 21 heavy (non-hydrogen) atoms. The Morgan fingerprint density at radius 1 is 1.43 bits per heavy atom. The zero-order valence-corrected chi connectivity index (χ0v) is 12.7. The number of nitrogen functional groups attached to an aromatic ring is 1. The second-order valence-electron chi connectivity index (χ2n) is 4.43. The van der Waals surface area contributed by atoms with E-state index in [1.165, 1.54) is 4.57 Å². The summed E-state index contributed by atoms with van der Waals surface area (Å²) in [6, 6.07) is 3.47. The van der Waals surface area contributed by atoms with E-state index in [0.29, 0.717) is 21.8 Å². The third-order valence-electron chi connectivity index (χ3n) is 3.06. The Balaban J connectivity index is 2.10. The van der Waals surface area contributed by atoms with E-state index < -0.39 is 0 Å². The van der Waals surface area contributed by atoms with Gasteiger partial charge in [-0.05, 0) is 28.1 Å². The van der Waals surface area contributed by atoms with Crippen LogP contribution in [0.15, 0.2) is 33.8 Å². The van der Waals surface area contributed by atoms with E-state index in [0.717, 1.165) is 5.39 Å². The number of nitrogens with two attached hydrogens (primary N) is 1. The number of aromatic nitrogens is 5. The van der Waals surface area contributed by atoms with Gasteiger partial charge in [0.1, 0.15) is 0 Å². The number of hydrogen-bond acceptors (Lipinski definition) is 6. The Morgan fingerprint density at radius 3 is 3.00 bits per heavy atom. The van der Waals surface area contributed by atoms with Crippen LogP contribution in [0.5, 0.6) is 0 Å². The maximum absolute atomic E-state index is 12.0. The molecule has 8 nitrogen and oxygen atoms in total. The standard InChI is InChI=1S/C12H12BrN7O/c1-19-11-7(5-15-19)10(18-14)16-9(17-11)6-20-4-2-3-8(13)12(20)21/h2-5H,6,14H2,1H3,(H,16,17,18). The second kappa shape index (κ2) is 5.26. The number of aryl methyl sites for hydroxylation is 1. The topological polar surface area (TPSA) is 104 Å². The van der Waals surface area contributed by atoms with E-state index in [1.54, 1.807) is 36.3 Å². The van der Waals surface area contributed by atoms with Crippen LogP contribution in [0.4, 0.5) is 5.82 Å². The van der Waals surface area contributed by atoms with E-state index in [9.17, 15) is 4.79 Å². The van der Waals surface area contributed by atoms with Crippen molar-refractivity contribution >= 4 is 32.8 Å². The quantitative estimate of drug-likeness (QED) is 0.530. The van der Waals surface area contributed by atoms with Gasteiger partial charge < -0.3 is 9.99 Å². The zero-order chi connectivity index (χ0) is 15.0. The summed E-state index contributed by atoms with van der Waals surface area (Å²) in [5.74, 6) is 6.44. The van der Waals surface area contributed by atoms with Crippen molar-refractivity contribution in [1.82, 2.24) is 24.3 Å². The van der Waals surface area contributed by atoms with Crippen molar-refractivity contribution in [2.24, 2.45) is 12.9 Å². The molecule has 3 aromatic rings. The maximum atomic E-state index is 12.0. The van der Waals surface area contributed by atoms with Gasteiger partial charge in [-0.15, -0.1) is 0 Å². The summed E-state index contributed by atoms with van der Waals surface area (Å²) in [4.78, 5) is 20.8. The Morgan fingerprint density at radius 2 is 2.24 bits per heavy atom. The summed E-state index contributed by atoms with van der Waals surface area (Å²) in [5, 5.41) is 4.85. The predicted molar refractivity (Wildman–Crippen MR) is 81.6 cm³/mol. The molecule has 3 heterocycles. The molecule has 0 atom stereocenters. The van der Waals surface area contributed by atoms with Crippen molar-refractivity contribution in [2.45, 2.75) is 6.54 Å². The number of hydrogen-bond donors (Lipinski definition) is 2. The maximum Gasteiger partial charge on any atom is 0.265 e. The molecule has 3 aromatic heterocycles. The van der Waals surface area contributed by atoms with Gasteiger partial charge >= 0.3 is 0 Å². The van der Waals surface area contributed by atoms with Crippen LogP contribution in [0.2, 0.25) is 0 Å². The highest BCUT2D eigenvalue weighted by Gasteiger charge is 2.11. The predicted octanol–water partition coefficient (Wildman–Crippen LogP) is 0.621. The Kier molecular flexibility index (Phi) is 3.43. The highest BCUT2D eigenvalue weighted by molar-refractivity contribution is 9.10. The van der Waals surface area contributed by atoms with Gasteiger partial charge in [-0.1, -0.05) is 0 Å². The van der Waals surface area contributed by atoms with Crippen LogP contribution in [0, 0.1) is 0 Å². The number of fused-ring (bicyclic) bond motifs is 1. The van der Waals surface area contributed by atoms with Gasteiger partial charge in [0.05, 0.1) is 22.6 Å². The van der Waals surface area contributed by atoms with Crippen LogP contribution < -0.4 is 16.8 Å². The molecule has 0 bridgehead atoms. The lowest BCUT2D eigenvalue weighted by atomic mass is 10.4. The molecule has 108 valence electrons. The van der Waals surface area contributed by atoms with Crippen LogP contribution in [0.1, 0.15) is 5.82 Å². The van der Waals surface area contributed by atoms with Gasteiger partial charge in [0.25, 0.3) is 5.56 Å². The van der Waals surface area contributed by atoms with Gasteiger partial charge in [-0.25, -0.2) is 15.8 Å². The minimum absolute atomic E-state index is 0.145. The molecule has 0 amide bonds. The third kappa shape index (κ3) is 2.41. The van der Waals surface area contributed by atoms with Crippen molar-refractivity contribution in [1.29, 1.82) is 0 Å². The van der Waals surface area contributed by atoms with E-state index in [-0.39, 0.29) is 12.1 Å². The third-order valence-corrected chi connectivity index (χ3v) is 3.66. The van der Waals surface area contributed by atoms with Gasteiger partial charge in [0.2, 0.25) is 0 Å². The molecule has 0 aliphatic carbocycles. The van der Waals surface area contributed by atoms with Crippen molar-refractivity contribution in [2.75, 3.05) is 5.43 Å². The largest absolute Gasteiger partial charge is 0.308 e. The highest BCUT2D eigenvalue weighted by atomic mass is 79.9. The zero-order valence-electron chi connectivity index (χ0n) is 11.1. The Labute approximate surface area is 127 Å². The fourth-order valence-corrected chi connectivity index (χ4v) is 2.41. The molecule has 0 saturated carbocycles. The molecule has 0 unspecified atom stereocenters. The van der Waals surface area contributed by atoms with Gasteiger partial charge in [0.15, 0.2) is 17.3 Å². The molecule has 3 rings (SSSR count). The summed E-state index contributed by atoms with van der Waals surface area (Å²) in [6.07, 6.45) is 3.32. The first-order valence-electron chi connectivity index (χ1n) is 6.10. The number of halogens is 1. The summed E-state index contributed by atoms with van der Waals surface area (Å²) < 4.78 is 3.64. The second-order valence-corrected chi connectivity index (χ2v) is 5.28. The van der Waals surface area contributed by atoms with Crippen molar-refractivity contribution in [3.63, 3.8) is 0 Å². The summed E-state index contributed by atoms with van der Waals surface area (Å²) in [5.41, 5.74) is 3.04. The minimum atomic E-state index is -0.145. The molecular formula is C12H12BrN7O. The summed E-state index contributed by atoms with van der Waals surface area (Å²) >= 11 is 3.21. The van der Waals surface area contributed by atoms with E-state index >= 15 is 0 Å². The lowest BCUT2D eigenvalue weighted by Gasteiger charge is -2.08. The number of hydrazine groups is 1. The molecule has 0 fully saturated rings. The van der Waals surface area contributed by atoms with Crippen LogP contribution in [0.3, 0.4) is 0 Å². The Hall–Kier alpha value is -2.26. The van der Waals surface area contributed by atoms with Crippen molar-refractivity contribution in [3.05, 3.63) is 45.2 Å². The first kappa shape index (κ1) is 13.7. The average Bonchev–Trinajstić information content (AvgIpc) is 2.85. The fraction of sp³-hybridized carbons (Fsp3) is 0.167. The molecule has 0 aromatic carbocycles. The molecule has 0 aliphatic heterocycles. The van der Waals surface area contributed by atoms with E-state index in [2.05, 4.69) is 36.4 Å². The monoisotopic (exact) mass is 349 g/mol. The first-order valence-corrected chi connectivity index (χ1v) is 6.89. The van der Waals surface area contributed by atoms with Gasteiger partial charge in [0, 0.05) is 13.2 Å². The summed E-state index contributed by atoms with van der Waals surface area (Å²) in [6.45, 7) is 0.244. The lowest BCUT2D eigenvalue weighted by Crippen LogP contribution is -2.22. The van der Waals surface area contributed by atoms with Crippen molar-refractivity contribution in [3.8, 4) is 0 Å². The van der Waals surface area contributed by atoms with Gasteiger partial charge in [-0.2, -0.15) is 5.10 Å². The number of rotatable bonds is 3. The van der Waals surface area contributed by atoms with E-state index in [1.807, 2.05) is 0 Å².